The largest absolute Gasteiger partial charge is 0.497 e. The first-order valence-corrected chi connectivity index (χ1v) is 12.6. The predicted molar refractivity (Wildman–Crippen MR) is 147 cm³/mol. The molecule has 0 N–H and O–H groups in total. The van der Waals surface area contributed by atoms with Crippen LogP contribution in [-0.4, -0.2) is 14.2 Å². The molecule has 0 bridgehead atoms. The lowest BCUT2D eigenvalue weighted by Crippen LogP contribution is -2.35. The number of hydrogen-bond acceptors (Lipinski definition) is 2. The fourth-order valence-electron chi connectivity index (χ4n) is 6.32. The summed E-state index contributed by atoms with van der Waals surface area (Å²) in [5.41, 5.74) is 8.01. The molecule has 0 saturated heterocycles. The van der Waals surface area contributed by atoms with Crippen LogP contribution in [0.3, 0.4) is 0 Å². The molecule has 1 aliphatic rings. The van der Waals surface area contributed by atoms with Crippen molar-refractivity contribution < 1.29 is 9.47 Å². The second-order valence-corrected chi connectivity index (χ2v) is 9.45. The van der Waals surface area contributed by atoms with Gasteiger partial charge in [0.2, 0.25) is 0 Å². The average Bonchev–Trinajstić information content (AvgIpc) is 2.93. The molecule has 0 fully saturated rings. The van der Waals surface area contributed by atoms with Crippen LogP contribution in [0.25, 0.3) is 16.8 Å². The van der Waals surface area contributed by atoms with Crippen LogP contribution in [-0.2, 0) is 11.8 Å². The highest BCUT2D eigenvalue weighted by Gasteiger charge is 2.44. The second kappa shape index (κ2) is 9.26. The quantitative estimate of drug-likeness (QED) is 0.287. The maximum Gasteiger partial charge on any atom is 0.118 e. The fourth-order valence-corrected chi connectivity index (χ4v) is 6.32. The van der Waals surface area contributed by atoms with Gasteiger partial charge in [0, 0.05) is 11.3 Å². The van der Waals surface area contributed by atoms with Crippen LogP contribution >= 0.6 is 0 Å². The van der Waals surface area contributed by atoms with Gasteiger partial charge in [0.15, 0.2) is 0 Å². The summed E-state index contributed by atoms with van der Waals surface area (Å²) in [4.78, 5) is 0. The van der Waals surface area contributed by atoms with Gasteiger partial charge in [0.05, 0.1) is 14.2 Å². The number of rotatable bonds is 6. The van der Waals surface area contributed by atoms with E-state index in [4.69, 9.17) is 9.47 Å². The molecule has 4 aromatic rings. The van der Waals surface area contributed by atoms with Crippen LogP contribution in [0.15, 0.2) is 78.9 Å². The molecule has 0 radical (unpaired) electrons. The summed E-state index contributed by atoms with van der Waals surface area (Å²) in [6, 6.07) is 26.2. The number of fused-ring (bicyclic) bond motifs is 3. The normalized spacial score (nSPS) is 16.2. The van der Waals surface area contributed by atoms with Gasteiger partial charge in [-0.3, -0.25) is 0 Å². The maximum atomic E-state index is 5.50. The van der Waals surface area contributed by atoms with E-state index < -0.39 is 0 Å². The van der Waals surface area contributed by atoms with E-state index in [2.05, 4.69) is 106 Å². The Labute approximate surface area is 209 Å². The lowest BCUT2D eigenvalue weighted by molar-refractivity contribution is 0.412. The Morgan fingerprint density at radius 1 is 0.743 bits per heavy atom. The van der Waals surface area contributed by atoms with Crippen molar-refractivity contribution in [2.75, 3.05) is 14.2 Å². The zero-order valence-electron chi connectivity index (χ0n) is 21.4. The summed E-state index contributed by atoms with van der Waals surface area (Å²) < 4.78 is 11.0. The third-order valence-electron chi connectivity index (χ3n) is 8.00. The van der Waals surface area contributed by atoms with Crippen LogP contribution in [0.4, 0.5) is 0 Å². The monoisotopic (exact) mass is 462 g/mol. The number of hydrogen-bond donors (Lipinski definition) is 0. The predicted octanol–water partition coefficient (Wildman–Crippen LogP) is 8.23. The summed E-state index contributed by atoms with van der Waals surface area (Å²) in [6.07, 6.45) is 6.90. The Kier molecular flexibility index (Phi) is 6.15. The van der Waals surface area contributed by atoms with Gasteiger partial charge in [-0.05, 0) is 88.2 Å². The highest BCUT2D eigenvalue weighted by atomic mass is 16.5. The standard InChI is InChI=1S/C33H34O2/c1-6-27-22(3)28-10-8-9-11-29(28)32-30(27)20-21-33(31(32)7-2,23-12-16-25(34-4)17-13-23)24-14-18-26(35-5)19-15-24/h8-21,31H,6-7H2,1-5H3. The van der Waals surface area contributed by atoms with Crippen LogP contribution in [0.1, 0.15) is 59.6 Å². The van der Waals surface area contributed by atoms with Crippen molar-refractivity contribution >= 4 is 16.8 Å². The van der Waals surface area contributed by atoms with Crippen molar-refractivity contribution in [3.05, 3.63) is 112 Å². The number of benzene rings is 4. The highest BCUT2D eigenvalue weighted by Crippen LogP contribution is 2.54. The third-order valence-corrected chi connectivity index (χ3v) is 8.00. The second-order valence-electron chi connectivity index (χ2n) is 9.45. The fraction of sp³-hybridized carbons (Fsp3) is 0.273. The number of aryl methyl sites for hydroxylation is 1. The van der Waals surface area contributed by atoms with Gasteiger partial charge < -0.3 is 9.47 Å². The first-order chi connectivity index (χ1) is 17.1. The van der Waals surface area contributed by atoms with E-state index in [0.717, 1.165) is 24.3 Å². The Hall–Kier alpha value is -3.52. The van der Waals surface area contributed by atoms with Crippen LogP contribution in [0.5, 0.6) is 11.5 Å². The summed E-state index contributed by atoms with van der Waals surface area (Å²) in [5.74, 6) is 2.03. The van der Waals surface area contributed by atoms with E-state index >= 15 is 0 Å². The minimum absolute atomic E-state index is 0.278. The van der Waals surface area contributed by atoms with Crippen LogP contribution in [0, 0.1) is 6.92 Å². The molecule has 35 heavy (non-hydrogen) atoms. The molecule has 0 saturated carbocycles. The molecule has 178 valence electrons. The summed E-state index contributed by atoms with van der Waals surface area (Å²) in [5, 5.41) is 2.75. The molecule has 1 unspecified atom stereocenters. The molecule has 0 amide bonds. The van der Waals surface area contributed by atoms with Crippen LogP contribution in [0.2, 0.25) is 0 Å². The Bertz CT molecular complexity index is 1330. The van der Waals surface area contributed by atoms with Gasteiger partial charge in [0.25, 0.3) is 0 Å². The number of allylic oxidation sites excluding steroid dienone is 1. The van der Waals surface area contributed by atoms with E-state index in [0.29, 0.717) is 0 Å². The summed E-state index contributed by atoms with van der Waals surface area (Å²) in [7, 11) is 3.45. The maximum absolute atomic E-state index is 5.50. The highest BCUT2D eigenvalue weighted by molar-refractivity contribution is 5.95. The Morgan fingerprint density at radius 2 is 1.29 bits per heavy atom. The molecule has 2 nitrogen and oxygen atoms in total. The minimum atomic E-state index is -0.302. The lowest BCUT2D eigenvalue weighted by Gasteiger charge is -2.44. The molecule has 2 heteroatoms. The van der Waals surface area contributed by atoms with Crippen molar-refractivity contribution in [3.63, 3.8) is 0 Å². The average molecular weight is 463 g/mol. The molecular formula is C33H34O2. The zero-order valence-corrected chi connectivity index (χ0v) is 21.4. The first kappa shape index (κ1) is 23.2. The minimum Gasteiger partial charge on any atom is -0.497 e. The lowest BCUT2D eigenvalue weighted by atomic mass is 9.58. The topological polar surface area (TPSA) is 18.5 Å². The number of ether oxygens (including phenoxy) is 2. The molecule has 0 aromatic heterocycles. The third kappa shape index (κ3) is 3.55. The SMILES string of the molecule is CCc1c2c(c3ccccc3c1C)C(CC)C(c1ccc(OC)cc1)(c1ccc(OC)cc1)C=C2. The van der Waals surface area contributed by atoms with Gasteiger partial charge in [0.1, 0.15) is 11.5 Å². The molecule has 0 spiro atoms. The van der Waals surface area contributed by atoms with Crippen LogP contribution < -0.4 is 9.47 Å². The molecule has 1 atom stereocenters. The van der Waals surface area contributed by atoms with E-state index in [9.17, 15) is 0 Å². The van der Waals surface area contributed by atoms with E-state index in [1.165, 1.54) is 44.2 Å². The zero-order chi connectivity index (χ0) is 24.6. The smallest absolute Gasteiger partial charge is 0.118 e. The molecule has 1 aliphatic carbocycles. The van der Waals surface area contributed by atoms with E-state index in [1.807, 2.05) is 0 Å². The van der Waals surface area contributed by atoms with Crippen molar-refractivity contribution in [2.45, 2.75) is 44.9 Å². The Morgan fingerprint density at radius 3 is 1.77 bits per heavy atom. The van der Waals surface area contributed by atoms with Crippen molar-refractivity contribution in [3.8, 4) is 11.5 Å². The Balaban J connectivity index is 1.86. The summed E-state index contributed by atoms with van der Waals surface area (Å²) in [6.45, 7) is 6.89. The molecular weight excluding hydrogens is 428 g/mol. The number of methoxy groups -OCH3 is 2. The van der Waals surface area contributed by atoms with Gasteiger partial charge in [-0.2, -0.15) is 0 Å². The van der Waals surface area contributed by atoms with Gasteiger partial charge in [-0.25, -0.2) is 0 Å². The van der Waals surface area contributed by atoms with E-state index in [1.54, 1.807) is 14.2 Å². The van der Waals surface area contributed by atoms with Gasteiger partial charge in [-0.1, -0.05) is 74.5 Å². The molecule has 0 aliphatic heterocycles. The van der Waals surface area contributed by atoms with Gasteiger partial charge >= 0.3 is 0 Å². The van der Waals surface area contributed by atoms with Crippen molar-refractivity contribution in [2.24, 2.45) is 0 Å². The molecule has 5 rings (SSSR count). The summed E-state index contributed by atoms with van der Waals surface area (Å²) >= 11 is 0. The van der Waals surface area contributed by atoms with Crippen molar-refractivity contribution in [1.82, 2.24) is 0 Å². The first-order valence-electron chi connectivity index (χ1n) is 12.6. The molecule has 0 heterocycles. The molecule has 4 aromatic carbocycles. The van der Waals surface area contributed by atoms with Gasteiger partial charge in [-0.15, -0.1) is 0 Å². The van der Waals surface area contributed by atoms with Crippen molar-refractivity contribution in [1.29, 1.82) is 0 Å². The van der Waals surface area contributed by atoms with E-state index in [-0.39, 0.29) is 11.3 Å².